The molecule has 7 heteroatoms. The third-order valence-electron chi connectivity index (χ3n) is 1.42. The van der Waals surface area contributed by atoms with E-state index in [1.807, 2.05) is 0 Å². The molecule has 0 saturated heterocycles. The molecule has 0 spiro atoms. The van der Waals surface area contributed by atoms with Gasteiger partial charge in [0.05, 0.1) is 25.8 Å². The lowest BCUT2D eigenvalue weighted by Crippen LogP contribution is -1.99. The molecule has 3 nitrogen and oxygen atoms in total. The third-order valence-corrected chi connectivity index (χ3v) is 3.23. The highest BCUT2D eigenvalue weighted by Crippen LogP contribution is 2.45. The Balaban J connectivity index is 3.56. The van der Waals surface area contributed by atoms with Gasteiger partial charge in [-0.3, -0.25) is 10.7 Å². The molecule has 1 aromatic carbocycles. The Hall–Kier alpha value is -0.0600. The van der Waals surface area contributed by atoms with E-state index in [0.29, 0.717) is 0 Å². The number of rotatable bonds is 1. The van der Waals surface area contributed by atoms with E-state index in [9.17, 15) is 0 Å². The first-order chi connectivity index (χ1) is 6.00. The molecule has 1 rings (SSSR count). The Morgan fingerprint density at radius 3 is 1.85 bits per heavy atom. The number of hydrogen-bond donors (Lipinski definition) is 3. The monoisotopic (exact) mass is 260 g/mol. The number of anilines is 2. The summed E-state index contributed by atoms with van der Waals surface area (Å²) in [5.41, 5.74) is 7.36. The van der Waals surface area contributed by atoms with Crippen LogP contribution in [0.1, 0.15) is 0 Å². The van der Waals surface area contributed by atoms with Crippen molar-refractivity contribution in [3.63, 3.8) is 0 Å². The molecule has 0 unspecified atom stereocenters. The molecule has 0 aromatic heterocycles. The highest BCUT2D eigenvalue weighted by atomic mass is 35.5. The maximum absolute atomic E-state index is 8.66. The minimum Gasteiger partial charge on any atom is -0.396 e. The zero-order chi connectivity index (χ0) is 10.2. The Bertz CT molecular complexity index is 326. The second-order valence-corrected chi connectivity index (χ2v) is 3.67. The van der Waals surface area contributed by atoms with E-state index in [2.05, 4.69) is 0 Å². The summed E-state index contributed by atoms with van der Waals surface area (Å²) in [7, 11) is 0. The molecule has 0 aliphatic carbocycles. The molecule has 0 radical (unpaired) electrons. The van der Waals surface area contributed by atoms with Gasteiger partial charge in [-0.05, 0) is 0 Å². The van der Waals surface area contributed by atoms with Crippen LogP contribution < -0.4 is 11.2 Å². The lowest BCUT2D eigenvalue weighted by Gasteiger charge is -2.11. The van der Waals surface area contributed by atoms with Crippen molar-refractivity contribution < 1.29 is 5.21 Å². The molecule has 0 amide bonds. The van der Waals surface area contributed by atoms with Gasteiger partial charge in [-0.1, -0.05) is 46.4 Å². The molecule has 0 aliphatic heterocycles. The van der Waals surface area contributed by atoms with Crippen LogP contribution in [0.2, 0.25) is 20.1 Å². The second-order valence-electron chi connectivity index (χ2n) is 2.16. The average molecular weight is 262 g/mol. The van der Waals surface area contributed by atoms with Crippen LogP contribution in [0.3, 0.4) is 0 Å². The summed E-state index contributed by atoms with van der Waals surface area (Å²) in [5, 5.41) is 8.84. The molecule has 0 fully saturated rings. The standard InChI is InChI=1S/C6H4Cl4N2O/c7-1-2(8)4(10)6(12-13)5(11)3(1)9/h12-13H,11H2. The van der Waals surface area contributed by atoms with Crippen LogP contribution in [0.15, 0.2) is 0 Å². The van der Waals surface area contributed by atoms with Crippen molar-refractivity contribution in [1.82, 2.24) is 0 Å². The molecule has 72 valence electrons. The molecule has 0 aliphatic rings. The van der Waals surface area contributed by atoms with Crippen LogP contribution in [0.4, 0.5) is 11.4 Å². The molecule has 0 atom stereocenters. The summed E-state index contributed by atoms with van der Waals surface area (Å²) in [6.45, 7) is 0. The van der Waals surface area contributed by atoms with E-state index >= 15 is 0 Å². The van der Waals surface area contributed by atoms with Gasteiger partial charge in [0.1, 0.15) is 5.69 Å². The van der Waals surface area contributed by atoms with Crippen molar-refractivity contribution in [3.8, 4) is 0 Å². The largest absolute Gasteiger partial charge is 0.396 e. The molecule has 0 heterocycles. The van der Waals surface area contributed by atoms with E-state index in [0.717, 1.165) is 0 Å². The van der Waals surface area contributed by atoms with Gasteiger partial charge in [-0.15, -0.1) is 0 Å². The van der Waals surface area contributed by atoms with Crippen molar-refractivity contribution in [2.24, 2.45) is 0 Å². The van der Waals surface area contributed by atoms with Gasteiger partial charge >= 0.3 is 0 Å². The Labute approximate surface area is 94.3 Å². The number of nitrogens with one attached hydrogen (secondary N) is 1. The second kappa shape index (κ2) is 3.98. The van der Waals surface area contributed by atoms with E-state index in [4.69, 9.17) is 57.3 Å². The van der Waals surface area contributed by atoms with Crippen molar-refractivity contribution in [2.75, 3.05) is 11.2 Å². The predicted octanol–water partition coefficient (Wildman–Crippen LogP) is 3.68. The van der Waals surface area contributed by atoms with Crippen molar-refractivity contribution in [2.45, 2.75) is 0 Å². The Morgan fingerprint density at radius 2 is 1.38 bits per heavy atom. The fourth-order valence-electron chi connectivity index (χ4n) is 0.758. The first-order valence-corrected chi connectivity index (χ1v) is 4.53. The number of hydrogen-bond acceptors (Lipinski definition) is 3. The summed E-state index contributed by atoms with van der Waals surface area (Å²) in [6, 6.07) is 0. The van der Waals surface area contributed by atoms with Gasteiger partial charge in [-0.2, -0.15) is 0 Å². The van der Waals surface area contributed by atoms with Crippen LogP contribution in [0.5, 0.6) is 0 Å². The molecule has 1 aromatic rings. The maximum Gasteiger partial charge on any atom is 0.105 e. The quantitative estimate of drug-likeness (QED) is 0.313. The van der Waals surface area contributed by atoms with Crippen molar-refractivity contribution in [1.29, 1.82) is 0 Å². The van der Waals surface area contributed by atoms with Crippen LogP contribution in [-0.4, -0.2) is 5.21 Å². The van der Waals surface area contributed by atoms with Crippen LogP contribution >= 0.6 is 46.4 Å². The van der Waals surface area contributed by atoms with Crippen LogP contribution in [-0.2, 0) is 0 Å². The summed E-state index contributed by atoms with van der Waals surface area (Å²) in [4.78, 5) is 0. The molecular weight excluding hydrogens is 258 g/mol. The fraction of sp³-hybridized carbons (Fsp3) is 0. The average Bonchev–Trinajstić information content (AvgIpc) is 2.13. The van der Waals surface area contributed by atoms with Gasteiger partial charge in [0.25, 0.3) is 0 Å². The first-order valence-electron chi connectivity index (χ1n) is 3.02. The number of halogens is 4. The smallest absolute Gasteiger partial charge is 0.105 e. The predicted molar refractivity (Wildman–Crippen MR) is 56.3 cm³/mol. The van der Waals surface area contributed by atoms with E-state index in [-0.39, 0.29) is 31.5 Å². The molecule has 4 N–H and O–H groups in total. The number of nitrogen functional groups attached to an aromatic ring is 1. The Kier molecular flexibility index (Phi) is 3.38. The highest BCUT2D eigenvalue weighted by Gasteiger charge is 2.17. The Morgan fingerprint density at radius 1 is 0.923 bits per heavy atom. The first kappa shape index (κ1) is 11.0. The fourth-order valence-corrected chi connectivity index (χ4v) is 1.67. The van der Waals surface area contributed by atoms with Crippen LogP contribution in [0.25, 0.3) is 0 Å². The van der Waals surface area contributed by atoms with Gasteiger partial charge in [0, 0.05) is 0 Å². The lowest BCUT2D eigenvalue weighted by atomic mass is 10.2. The summed E-state index contributed by atoms with van der Waals surface area (Å²) in [5.74, 6) is 0. The van der Waals surface area contributed by atoms with Gasteiger partial charge in [-0.25, -0.2) is 0 Å². The SMILES string of the molecule is Nc1c(Cl)c(Cl)c(Cl)c(Cl)c1NO. The third kappa shape index (κ3) is 1.75. The van der Waals surface area contributed by atoms with Gasteiger partial charge in [0.2, 0.25) is 0 Å². The molecule has 0 saturated carbocycles. The van der Waals surface area contributed by atoms with Gasteiger partial charge < -0.3 is 5.73 Å². The van der Waals surface area contributed by atoms with Crippen LogP contribution in [0, 0.1) is 0 Å². The normalized spacial score (nSPS) is 10.2. The number of benzene rings is 1. The molecule has 13 heavy (non-hydrogen) atoms. The van der Waals surface area contributed by atoms with E-state index in [1.165, 1.54) is 0 Å². The lowest BCUT2D eigenvalue weighted by molar-refractivity contribution is 0.389. The van der Waals surface area contributed by atoms with Crippen molar-refractivity contribution in [3.05, 3.63) is 20.1 Å². The van der Waals surface area contributed by atoms with E-state index < -0.39 is 0 Å². The topological polar surface area (TPSA) is 58.3 Å². The minimum atomic E-state index is 0.0241. The maximum atomic E-state index is 8.66. The molecule has 0 bridgehead atoms. The highest BCUT2D eigenvalue weighted by molar-refractivity contribution is 6.54. The summed E-state index contributed by atoms with van der Waals surface area (Å²) in [6.07, 6.45) is 0. The zero-order valence-electron chi connectivity index (χ0n) is 6.04. The van der Waals surface area contributed by atoms with E-state index in [1.54, 1.807) is 5.48 Å². The van der Waals surface area contributed by atoms with Gasteiger partial charge in [0.15, 0.2) is 0 Å². The summed E-state index contributed by atoms with van der Waals surface area (Å²) >= 11 is 22.7. The molecular formula is C6H4Cl4N2O. The zero-order valence-corrected chi connectivity index (χ0v) is 9.06. The number of nitrogens with two attached hydrogens (primary N) is 1. The minimum absolute atomic E-state index is 0.0241. The summed E-state index contributed by atoms with van der Waals surface area (Å²) < 4.78 is 0. The van der Waals surface area contributed by atoms with Crippen molar-refractivity contribution >= 4 is 57.8 Å².